The number of esters is 1. The van der Waals surface area contributed by atoms with Crippen LogP contribution in [0.15, 0.2) is 48.6 Å². The summed E-state index contributed by atoms with van der Waals surface area (Å²) in [6.07, 6.45) is 0.0154. The molecule has 1 aliphatic carbocycles. The number of carbonyl (C=O) groups excluding carboxylic acids is 1. The summed E-state index contributed by atoms with van der Waals surface area (Å²) in [7, 11) is 1.22. The standard InChI is InChI=1S/C21H17F4NO2/c1-28-20(27)11-5-7-15(17(22)9-11)19-14-4-2-3-13(14)16-10-12(21(23,24)25)6-8-18(16)26-19/h2,4-10,13-14,19,26H,3H2,1H3/t13-,14+,19-/m1/s1. The predicted molar refractivity (Wildman–Crippen MR) is 95.5 cm³/mol. The Morgan fingerprint density at radius 1 is 1.14 bits per heavy atom. The van der Waals surface area contributed by atoms with E-state index in [0.717, 1.165) is 12.1 Å². The molecule has 7 heteroatoms. The maximum Gasteiger partial charge on any atom is 0.416 e. The van der Waals surface area contributed by atoms with Crippen LogP contribution >= 0.6 is 0 Å². The van der Waals surface area contributed by atoms with Crippen LogP contribution in [0.25, 0.3) is 0 Å². The third-order valence-corrected chi connectivity index (χ3v) is 5.44. The topological polar surface area (TPSA) is 38.3 Å². The van der Waals surface area contributed by atoms with Crippen molar-refractivity contribution >= 4 is 11.7 Å². The summed E-state index contributed by atoms with van der Waals surface area (Å²) in [6.45, 7) is 0. The number of rotatable bonds is 2. The first-order chi connectivity index (χ1) is 13.3. The van der Waals surface area contributed by atoms with E-state index in [1.165, 1.54) is 31.4 Å². The van der Waals surface area contributed by atoms with Crippen LogP contribution in [0.4, 0.5) is 23.2 Å². The molecule has 0 aromatic heterocycles. The van der Waals surface area contributed by atoms with Crippen molar-refractivity contribution in [3.63, 3.8) is 0 Å². The van der Waals surface area contributed by atoms with E-state index in [0.29, 0.717) is 23.2 Å². The molecule has 1 N–H and O–H groups in total. The number of allylic oxidation sites excluding steroid dienone is 1. The van der Waals surface area contributed by atoms with E-state index in [9.17, 15) is 22.4 Å². The number of hydrogen-bond donors (Lipinski definition) is 1. The Balaban J connectivity index is 1.73. The summed E-state index contributed by atoms with van der Waals surface area (Å²) in [5, 5.41) is 3.19. The average Bonchev–Trinajstić information content (AvgIpc) is 3.16. The first-order valence-corrected chi connectivity index (χ1v) is 8.81. The minimum Gasteiger partial charge on any atom is -0.465 e. The largest absolute Gasteiger partial charge is 0.465 e. The Kier molecular flexibility index (Phi) is 4.40. The van der Waals surface area contributed by atoms with Crippen LogP contribution in [-0.4, -0.2) is 13.1 Å². The highest BCUT2D eigenvalue weighted by Crippen LogP contribution is 2.51. The molecule has 0 saturated carbocycles. The molecule has 0 amide bonds. The number of halogens is 4. The molecule has 2 aliphatic rings. The second-order valence-corrected chi connectivity index (χ2v) is 7.00. The third-order valence-electron chi connectivity index (χ3n) is 5.44. The van der Waals surface area contributed by atoms with Crippen molar-refractivity contribution < 1.29 is 27.1 Å². The first kappa shape index (κ1) is 18.5. The number of benzene rings is 2. The number of carbonyl (C=O) groups is 1. The van der Waals surface area contributed by atoms with Crippen LogP contribution in [0.1, 0.15) is 45.4 Å². The molecular formula is C21H17F4NO2. The predicted octanol–water partition coefficient (Wildman–Crippen LogP) is 5.46. The van der Waals surface area contributed by atoms with Gasteiger partial charge in [-0.2, -0.15) is 13.2 Å². The summed E-state index contributed by atoms with van der Waals surface area (Å²) >= 11 is 0. The fraction of sp³-hybridized carbons (Fsp3) is 0.286. The van der Waals surface area contributed by atoms with Gasteiger partial charge in [-0.3, -0.25) is 0 Å². The SMILES string of the molecule is COC(=O)c1ccc([C@@H]2Nc3ccc(C(F)(F)F)cc3[C@@H]3CC=C[C@@H]32)c(F)c1. The van der Waals surface area contributed by atoms with Crippen LogP contribution in [0.3, 0.4) is 0 Å². The van der Waals surface area contributed by atoms with Crippen molar-refractivity contribution in [3.05, 3.63) is 76.6 Å². The van der Waals surface area contributed by atoms with Crippen molar-refractivity contribution in [3.8, 4) is 0 Å². The molecule has 2 aromatic rings. The molecule has 3 nitrogen and oxygen atoms in total. The molecular weight excluding hydrogens is 374 g/mol. The highest BCUT2D eigenvalue weighted by Gasteiger charge is 2.40. The lowest BCUT2D eigenvalue weighted by Gasteiger charge is -2.37. The van der Waals surface area contributed by atoms with Gasteiger partial charge in [0.05, 0.1) is 24.3 Å². The second-order valence-electron chi connectivity index (χ2n) is 7.00. The quantitative estimate of drug-likeness (QED) is 0.420. The maximum atomic E-state index is 14.8. The molecule has 3 atom stereocenters. The molecule has 0 fully saturated rings. The van der Waals surface area contributed by atoms with Gasteiger partial charge in [-0.1, -0.05) is 18.2 Å². The number of fused-ring (bicyclic) bond motifs is 3. The van der Waals surface area contributed by atoms with Crippen molar-refractivity contribution in [1.29, 1.82) is 0 Å². The van der Waals surface area contributed by atoms with Crippen molar-refractivity contribution in [2.75, 3.05) is 12.4 Å². The minimum absolute atomic E-state index is 0.105. The van der Waals surface area contributed by atoms with Gasteiger partial charge >= 0.3 is 12.1 Å². The van der Waals surface area contributed by atoms with Gasteiger partial charge in [-0.25, -0.2) is 9.18 Å². The van der Waals surface area contributed by atoms with Gasteiger partial charge in [0.2, 0.25) is 0 Å². The van der Waals surface area contributed by atoms with Gasteiger partial charge in [-0.15, -0.1) is 0 Å². The van der Waals surface area contributed by atoms with Crippen LogP contribution in [0.2, 0.25) is 0 Å². The molecule has 146 valence electrons. The lowest BCUT2D eigenvalue weighted by Crippen LogP contribution is -2.29. The van der Waals surface area contributed by atoms with Crippen LogP contribution in [-0.2, 0) is 10.9 Å². The van der Waals surface area contributed by atoms with Gasteiger partial charge in [0, 0.05) is 17.2 Å². The first-order valence-electron chi connectivity index (χ1n) is 8.81. The normalized spacial score (nSPS) is 23.0. The van der Waals surface area contributed by atoms with Crippen molar-refractivity contribution in [1.82, 2.24) is 0 Å². The third kappa shape index (κ3) is 3.04. The van der Waals surface area contributed by atoms with E-state index in [1.54, 1.807) is 0 Å². The summed E-state index contributed by atoms with van der Waals surface area (Å²) in [5.41, 5.74) is 0.936. The van der Waals surface area contributed by atoms with Gasteiger partial charge in [-0.05, 0) is 48.2 Å². The minimum atomic E-state index is -4.41. The molecule has 1 heterocycles. The van der Waals surface area contributed by atoms with E-state index in [2.05, 4.69) is 10.1 Å². The van der Waals surface area contributed by atoms with Crippen molar-refractivity contribution in [2.45, 2.75) is 24.6 Å². The molecule has 0 spiro atoms. The number of nitrogens with one attached hydrogen (secondary N) is 1. The Hall–Kier alpha value is -2.83. The van der Waals surface area contributed by atoms with Gasteiger partial charge in [0.1, 0.15) is 5.82 Å². The number of ether oxygens (including phenoxy) is 1. The molecule has 1 aliphatic heterocycles. The molecule has 28 heavy (non-hydrogen) atoms. The van der Waals surface area contributed by atoms with Crippen LogP contribution in [0, 0.1) is 11.7 Å². The van der Waals surface area contributed by atoms with E-state index >= 15 is 0 Å². The molecule has 4 rings (SSSR count). The Labute approximate surface area is 159 Å². The summed E-state index contributed by atoms with van der Waals surface area (Å²) in [6, 6.07) is 7.31. The van der Waals surface area contributed by atoms with Gasteiger partial charge < -0.3 is 10.1 Å². The second kappa shape index (κ2) is 6.65. The van der Waals surface area contributed by atoms with Gasteiger partial charge in [0.25, 0.3) is 0 Å². The fourth-order valence-electron chi connectivity index (χ4n) is 4.10. The van der Waals surface area contributed by atoms with Gasteiger partial charge in [0.15, 0.2) is 0 Å². The zero-order chi connectivity index (χ0) is 20.1. The number of hydrogen-bond acceptors (Lipinski definition) is 3. The zero-order valence-corrected chi connectivity index (χ0v) is 14.9. The zero-order valence-electron chi connectivity index (χ0n) is 14.9. The molecule has 0 saturated heterocycles. The molecule has 0 unspecified atom stereocenters. The van der Waals surface area contributed by atoms with Crippen LogP contribution < -0.4 is 5.32 Å². The smallest absolute Gasteiger partial charge is 0.416 e. The van der Waals surface area contributed by atoms with Crippen LogP contribution in [0.5, 0.6) is 0 Å². The van der Waals surface area contributed by atoms with E-state index in [4.69, 9.17) is 0 Å². The lowest BCUT2D eigenvalue weighted by atomic mass is 9.76. The fourth-order valence-corrected chi connectivity index (χ4v) is 4.10. The highest BCUT2D eigenvalue weighted by molar-refractivity contribution is 5.89. The average molecular weight is 391 g/mol. The summed E-state index contributed by atoms with van der Waals surface area (Å²) in [5.74, 6) is -1.54. The highest BCUT2D eigenvalue weighted by atomic mass is 19.4. The maximum absolute atomic E-state index is 14.8. The summed E-state index contributed by atoms with van der Waals surface area (Å²) < 4.78 is 58.7. The Morgan fingerprint density at radius 2 is 1.93 bits per heavy atom. The molecule has 0 radical (unpaired) electrons. The van der Waals surface area contributed by atoms with Crippen molar-refractivity contribution in [2.24, 2.45) is 5.92 Å². The Bertz CT molecular complexity index is 967. The Morgan fingerprint density at radius 3 is 2.61 bits per heavy atom. The molecule has 2 aromatic carbocycles. The van der Waals surface area contributed by atoms with E-state index in [1.807, 2.05) is 12.2 Å². The molecule has 0 bridgehead atoms. The monoisotopic (exact) mass is 391 g/mol. The number of methoxy groups -OCH3 is 1. The van der Waals surface area contributed by atoms with E-state index in [-0.39, 0.29) is 17.4 Å². The van der Waals surface area contributed by atoms with E-state index < -0.39 is 29.6 Å². The number of alkyl halides is 3. The number of anilines is 1. The summed E-state index contributed by atoms with van der Waals surface area (Å²) in [4.78, 5) is 11.6. The lowest BCUT2D eigenvalue weighted by molar-refractivity contribution is -0.137.